The molecule has 0 amide bonds. The number of H-pyrrole nitrogens is 1. The van der Waals surface area contributed by atoms with E-state index in [1.807, 2.05) is 0 Å². The average molecular weight is 182 g/mol. The van der Waals surface area contributed by atoms with Crippen molar-refractivity contribution in [2.75, 3.05) is 0 Å². The fourth-order valence-corrected chi connectivity index (χ4v) is 1.13. The van der Waals surface area contributed by atoms with Crippen LogP contribution in [-0.2, 0) is 4.79 Å². The van der Waals surface area contributed by atoms with Gasteiger partial charge in [-0.15, -0.1) is 0 Å². The summed E-state index contributed by atoms with van der Waals surface area (Å²) in [6.45, 7) is 1.71. The van der Waals surface area contributed by atoms with E-state index in [2.05, 4.69) is 9.97 Å². The maximum absolute atomic E-state index is 11.2. The smallest absolute Gasteiger partial charge is 0.311 e. The number of hydrogen-bond acceptors (Lipinski definition) is 3. The molecule has 0 aliphatic carbocycles. The van der Waals surface area contributed by atoms with Gasteiger partial charge in [0.1, 0.15) is 0 Å². The van der Waals surface area contributed by atoms with Crippen LogP contribution in [0.3, 0.4) is 0 Å². The number of aromatic nitrogens is 2. The van der Waals surface area contributed by atoms with Crippen LogP contribution in [0.5, 0.6) is 0 Å². The van der Waals surface area contributed by atoms with Gasteiger partial charge in [0, 0.05) is 11.8 Å². The molecule has 1 aromatic heterocycles. The van der Waals surface area contributed by atoms with Crippen LogP contribution in [-0.4, -0.2) is 21.0 Å². The number of carbonyl (C=O) groups is 1. The molecule has 0 aliphatic heterocycles. The van der Waals surface area contributed by atoms with Crippen LogP contribution >= 0.6 is 0 Å². The molecule has 0 saturated heterocycles. The highest BCUT2D eigenvalue weighted by molar-refractivity contribution is 5.75. The Labute approximate surface area is 74.4 Å². The number of hydrogen-bond donors (Lipinski definition) is 2. The number of aliphatic carboxylic acids is 1. The van der Waals surface area contributed by atoms with Crippen LogP contribution in [0.25, 0.3) is 0 Å². The lowest BCUT2D eigenvalue weighted by Crippen LogP contribution is -2.21. The maximum atomic E-state index is 11.2. The molecule has 1 atom stereocenters. The molecule has 2 N–H and O–H groups in total. The fourth-order valence-electron chi connectivity index (χ4n) is 1.13. The summed E-state index contributed by atoms with van der Waals surface area (Å²) in [5.41, 5.74) is -0.179. The largest absolute Gasteiger partial charge is 0.481 e. The molecule has 0 fully saturated rings. The van der Waals surface area contributed by atoms with Gasteiger partial charge in [-0.05, 0) is 6.42 Å². The average Bonchev–Trinajstić information content (AvgIpc) is 2.09. The normalized spacial score (nSPS) is 12.4. The number of nitrogens with zero attached hydrogens (tertiary/aromatic N) is 1. The Morgan fingerprint density at radius 1 is 1.77 bits per heavy atom. The number of carboxylic acid groups (broad SMARTS) is 1. The monoisotopic (exact) mass is 182 g/mol. The first kappa shape index (κ1) is 9.44. The predicted molar refractivity (Wildman–Crippen MR) is 45.5 cm³/mol. The van der Waals surface area contributed by atoms with Crippen LogP contribution in [0.2, 0.25) is 0 Å². The first-order valence-electron chi connectivity index (χ1n) is 3.92. The van der Waals surface area contributed by atoms with Crippen molar-refractivity contribution < 1.29 is 9.90 Å². The lowest BCUT2D eigenvalue weighted by atomic mass is 10.00. The van der Waals surface area contributed by atoms with Gasteiger partial charge in [-0.25, -0.2) is 4.98 Å². The molecule has 0 spiro atoms. The molecule has 1 unspecified atom stereocenters. The predicted octanol–water partition coefficient (Wildman–Crippen LogP) is 0.348. The van der Waals surface area contributed by atoms with Gasteiger partial charge in [0.2, 0.25) is 0 Å². The zero-order valence-electron chi connectivity index (χ0n) is 7.15. The lowest BCUT2D eigenvalue weighted by Gasteiger charge is -2.06. The quantitative estimate of drug-likeness (QED) is 0.706. The highest BCUT2D eigenvalue weighted by Gasteiger charge is 2.20. The number of carboxylic acids is 1. The molecule has 0 saturated carbocycles. The molecule has 0 aliphatic rings. The molecule has 13 heavy (non-hydrogen) atoms. The van der Waals surface area contributed by atoms with Crippen molar-refractivity contribution in [1.82, 2.24) is 9.97 Å². The van der Waals surface area contributed by atoms with Crippen LogP contribution in [0.15, 0.2) is 17.3 Å². The van der Waals surface area contributed by atoms with Gasteiger partial charge in [-0.3, -0.25) is 9.59 Å². The third kappa shape index (κ3) is 1.93. The van der Waals surface area contributed by atoms with E-state index in [1.54, 1.807) is 6.92 Å². The van der Waals surface area contributed by atoms with E-state index < -0.39 is 11.9 Å². The second kappa shape index (κ2) is 3.84. The zero-order chi connectivity index (χ0) is 9.84. The van der Waals surface area contributed by atoms with Crippen LogP contribution in [0.1, 0.15) is 24.8 Å². The van der Waals surface area contributed by atoms with E-state index in [0.29, 0.717) is 6.42 Å². The lowest BCUT2D eigenvalue weighted by molar-refractivity contribution is -0.138. The van der Waals surface area contributed by atoms with Gasteiger partial charge in [0.25, 0.3) is 5.56 Å². The van der Waals surface area contributed by atoms with E-state index in [0.717, 1.165) is 0 Å². The molecule has 1 aromatic rings. The van der Waals surface area contributed by atoms with Crippen LogP contribution < -0.4 is 5.56 Å². The first-order valence-corrected chi connectivity index (χ1v) is 3.92. The van der Waals surface area contributed by atoms with Crippen LogP contribution in [0, 0.1) is 0 Å². The van der Waals surface area contributed by atoms with E-state index >= 15 is 0 Å². The zero-order valence-corrected chi connectivity index (χ0v) is 7.15. The van der Waals surface area contributed by atoms with Gasteiger partial charge in [-0.1, -0.05) is 6.92 Å². The van der Waals surface area contributed by atoms with Gasteiger partial charge in [0.05, 0.1) is 12.2 Å². The highest BCUT2D eigenvalue weighted by atomic mass is 16.4. The van der Waals surface area contributed by atoms with E-state index in [4.69, 9.17) is 5.11 Å². The topological polar surface area (TPSA) is 83.0 Å². The standard InChI is InChI=1S/C8H10N2O3/c1-2-5(8(12)13)6-3-9-4-10-7(6)11/h3-5H,2H2,1H3,(H,12,13)(H,9,10,11). The Hall–Kier alpha value is -1.65. The molecule has 0 radical (unpaired) electrons. The van der Waals surface area contributed by atoms with Crippen molar-refractivity contribution in [2.24, 2.45) is 0 Å². The summed E-state index contributed by atoms with van der Waals surface area (Å²) >= 11 is 0. The van der Waals surface area contributed by atoms with E-state index in [1.165, 1.54) is 12.5 Å². The Morgan fingerprint density at radius 2 is 2.46 bits per heavy atom. The molecular formula is C8H10N2O3. The summed E-state index contributed by atoms with van der Waals surface area (Å²) in [5.74, 6) is -1.77. The molecule has 70 valence electrons. The third-order valence-electron chi connectivity index (χ3n) is 1.83. The maximum Gasteiger partial charge on any atom is 0.311 e. The Balaban J connectivity index is 3.12. The van der Waals surface area contributed by atoms with Gasteiger partial charge < -0.3 is 10.1 Å². The van der Waals surface area contributed by atoms with Crippen molar-refractivity contribution in [3.05, 3.63) is 28.4 Å². The minimum atomic E-state index is -0.999. The van der Waals surface area contributed by atoms with Crippen LogP contribution in [0.4, 0.5) is 0 Å². The SMILES string of the molecule is CCC(C(=O)O)c1cnc[nH]c1=O. The summed E-state index contributed by atoms with van der Waals surface area (Å²) < 4.78 is 0. The van der Waals surface area contributed by atoms with Gasteiger partial charge >= 0.3 is 5.97 Å². The molecule has 0 aromatic carbocycles. The van der Waals surface area contributed by atoms with Gasteiger partial charge in [0.15, 0.2) is 0 Å². The second-order valence-electron chi connectivity index (χ2n) is 2.64. The molecule has 0 bridgehead atoms. The molecular weight excluding hydrogens is 172 g/mol. The van der Waals surface area contributed by atoms with Crippen molar-refractivity contribution >= 4 is 5.97 Å². The van der Waals surface area contributed by atoms with E-state index in [-0.39, 0.29) is 11.1 Å². The third-order valence-corrected chi connectivity index (χ3v) is 1.83. The number of nitrogens with one attached hydrogen (secondary N) is 1. The summed E-state index contributed by atoms with van der Waals surface area (Å²) in [4.78, 5) is 27.9. The van der Waals surface area contributed by atoms with Crippen molar-refractivity contribution in [2.45, 2.75) is 19.3 Å². The Bertz CT molecular complexity index is 358. The Kier molecular flexibility index (Phi) is 2.79. The number of rotatable bonds is 3. The van der Waals surface area contributed by atoms with Crippen molar-refractivity contribution in [3.63, 3.8) is 0 Å². The number of aromatic amines is 1. The summed E-state index contributed by atoms with van der Waals surface area (Å²) in [6.07, 6.45) is 2.91. The molecule has 5 heteroatoms. The summed E-state index contributed by atoms with van der Waals surface area (Å²) in [6, 6.07) is 0. The minimum Gasteiger partial charge on any atom is -0.481 e. The summed E-state index contributed by atoms with van der Waals surface area (Å²) in [7, 11) is 0. The van der Waals surface area contributed by atoms with E-state index in [9.17, 15) is 9.59 Å². The molecule has 1 heterocycles. The fraction of sp³-hybridized carbons (Fsp3) is 0.375. The molecule has 1 rings (SSSR count). The van der Waals surface area contributed by atoms with Crippen molar-refractivity contribution in [1.29, 1.82) is 0 Å². The summed E-state index contributed by atoms with van der Waals surface area (Å²) in [5, 5.41) is 8.77. The molecule has 5 nitrogen and oxygen atoms in total. The minimum absolute atomic E-state index is 0.206. The Morgan fingerprint density at radius 3 is 2.92 bits per heavy atom. The highest BCUT2D eigenvalue weighted by Crippen LogP contribution is 2.14. The van der Waals surface area contributed by atoms with Crippen molar-refractivity contribution in [3.8, 4) is 0 Å². The first-order chi connectivity index (χ1) is 6.16. The second-order valence-corrected chi connectivity index (χ2v) is 2.64. The van der Waals surface area contributed by atoms with Gasteiger partial charge in [-0.2, -0.15) is 0 Å².